The maximum absolute atomic E-state index is 12.0. The fourth-order valence-electron chi connectivity index (χ4n) is 2.82. The Balaban J connectivity index is 3.79. The highest BCUT2D eigenvalue weighted by Crippen LogP contribution is 2.43. The number of phosphoric acid groups is 2. The molecular weight excluding hydrogens is 430 g/mol. The van der Waals surface area contributed by atoms with E-state index in [1.54, 1.807) is 27.7 Å². The molecule has 0 spiro atoms. The first-order chi connectivity index (χ1) is 12.5. The highest BCUT2D eigenvalue weighted by Gasteiger charge is 2.29. The molecule has 0 aliphatic heterocycles. The lowest BCUT2D eigenvalue weighted by Crippen LogP contribution is -2.22. The predicted octanol–water partition coefficient (Wildman–Crippen LogP) is 3.63. The van der Waals surface area contributed by atoms with Gasteiger partial charge < -0.3 is 19.6 Å². The molecule has 0 radical (unpaired) electrons. The third-order valence-electron chi connectivity index (χ3n) is 4.03. The fraction of sp³-hybridized carbons (Fsp3) is 1.00. The molecule has 28 heavy (non-hydrogen) atoms. The topological polar surface area (TPSA) is 151 Å². The van der Waals surface area contributed by atoms with Gasteiger partial charge in [-0.25, -0.2) is 9.13 Å². The van der Waals surface area contributed by atoms with Crippen LogP contribution < -0.4 is 0 Å². The summed E-state index contributed by atoms with van der Waals surface area (Å²) in [5.41, 5.74) is -1.79. The van der Waals surface area contributed by atoms with E-state index >= 15 is 0 Å². The van der Waals surface area contributed by atoms with Crippen molar-refractivity contribution in [3.8, 4) is 0 Å². The summed E-state index contributed by atoms with van der Waals surface area (Å²) >= 11 is 0. The molecule has 0 amide bonds. The van der Waals surface area contributed by atoms with Crippen LogP contribution in [0.25, 0.3) is 0 Å². The zero-order chi connectivity index (χ0) is 22.1. The van der Waals surface area contributed by atoms with Crippen LogP contribution in [0.15, 0.2) is 0 Å². The van der Waals surface area contributed by atoms with E-state index in [4.69, 9.17) is 28.6 Å². The monoisotopic (exact) mass is 466 g/mol. The summed E-state index contributed by atoms with van der Waals surface area (Å²) in [6.07, 6.45) is 5.68. The molecule has 0 aliphatic carbocycles. The minimum atomic E-state index is -4.49. The lowest BCUT2D eigenvalue weighted by Gasteiger charge is -2.25. The van der Waals surface area contributed by atoms with Gasteiger partial charge in [-0.3, -0.25) is 13.3 Å². The maximum atomic E-state index is 12.0. The summed E-state index contributed by atoms with van der Waals surface area (Å²) < 4.78 is 43.2. The molecule has 0 aromatic heterocycles. The first-order valence-electron chi connectivity index (χ1n) is 9.39. The largest absolute Gasteiger partial charge is 0.470 e. The lowest BCUT2D eigenvalue weighted by molar-refractivity contribution is 0.0544. The van der Waals surface area contributed by atoms with E-state index in [2.05, 4.69) is 0 Å². The zero-order valence-corrected chi connectivity index (χ0v) is 19.8. The van der Waals surface area contributed by atoms with Crippen molar-refractivity contribution in [2.45, 2.75) is 90.3 Å². The minimum absolute atomic E-state index is 0.511. The average molecular weight is 466 g/mol. The summed E-state index contributed by atoms with van der Waals surface area (Å²) in [5, 5.41) is 0. The molecule has 170 valence electrons. The minimum Gasteiger partial charge on any atom is -0.303 e. The molecule has 0 rings (SSSR count). The van der Waals surface area contributed by atoms with E-state index in [-0.39, 0.29) is 0 Å². The molecule has 0 saturated heterocycles. The first-order valence-corrected chi connectivity index (χ1v) is 13.9. The second-order valence-corrected chi connectivity index (χ2v) is 12.2. The van der Waals surface area contributed by atoms with Gasteiger partial charge in [-0.2, -0.15) is 0 Å². The van der Waals surface area contributed by atoms with E-state index in [9.17, 15) is 13.3 Å². The van der Waals surface area contributed by atoms with E-state index < -0.39 is 37.6 Å². The summed E-state index contributed by atoms with van der Waals surface area (Å²) in [4.78, 5) is 35.4. The molecule has 4 N–H and O–H groups in total. The van der Waals surface area contributed by atoms with E-state index in [0.29, 0.717) is 24.3 Å². The van der Waals surface area contributed by atoms with Crippen molar-refractivity contribution >= 4 is 26.4 Å². The van der Waals surface area contributed by atoms with Crippen LogP contribution in [0.2, 0.25) is 0 Å². The van der Waals surface area contributed by atoms with Crippen molar-refractivity contribution in [1.82, 2.24) is 0 Å². The number of hydrogen-bond acceptors (Lipinski definition) is 5. The Labute approximate surface area is 170 Å². The molecule has 0 heterocycles. The van der Waals surface area contributed by atoms with Crippen molar-refractivity contribution in [1.29, 1.82) is 0 Å². The average Bonchev–Trinajstić information content (AvgIpc) is 2.40. The quantitative estimate of drug-likeness (QED) is 0.197. The smallest absolute Gasteiger partial charge is 0.303 e. The maximum Gasteiger partial charge on any atom is 0.470 e. The zero-order valence-electron chi connectivity index (χ0n) is 17.2. The third-order valence-corrected chi connectivity index (χ3v) is 6.99. The van der Waals surface area contributed by atoms with Crippen molar-refractivity contribution < 1.29 is 42.0 Å². The van der Waals surface area contributed by atoms with Crippen LogP contribution in [0.1, 0.15) is 79.1 Å². The Morgan fingerprint density at radius 1 is 0.679 bits per heavy atom. The van der Waals surface area contributed by atoms with Crippen LogP contribution in [0.4, 0.5) is 0 Å². The Morgan fingerprint density at radius 3 is 1.29 bits per heavy atom. The van der Waals surface area contributed by atoms with E-state index in [0.717, 1.165) is 38.5 Å². The van der Waals surface area contributed by atoms with Gasteiger partial charge in [-0.15, -0.1) is 0 Å². The van der Waals surface area contributed by atoms with Gasteiger partial charge in [0.15, 0.2) is 0 Å². The molecule has 12 heteroatoms. The van der Waals surface area contributed by atoms with Crippen LogP contribution in [0.5, 0.6) is 0 Å². The highest BCUT2D eigenvalue weighted by atomic mass is 32.2. The van der Waals surface area contributed by atoms with E-state index in [1.807, 2.05) is 0 Å². The normalized spacial score (nSPS) is 14.0. The summed E-state index contributed by atoms with van der Waals surface area (Å²) in [6.45, 7) is 6.54. The van der Waals surface area contributed by atoms with Gasteiger partial charge >= 0.3 is 15.6 Å². The second kappa shape index (κ2) is 12.3. The van der Waals surface area contributed by atoms with Gasteiger partial charge in [-0.05, 0) is 53.4 Å². The molecule has 0 unspecified atom stereocenters. The van der Waals surface area contributed by atoms with Gasteiger partial charge in [0.05, 0.1) is 11.2 Å². The van der Waals surface area contributed by atoms with Gasteiger partial charge in [0.2, 0.25) is 0 Å². The second-order valence-electron chi connectivity index (χ2n) is 8.15. The summed E-state index contributed by atoms with van der Waals surface area (Å²) in [7, 11) is -9.90. The molecule has 0 aliphatic rings. The number of hydrogen-bond donors (Lipinski definition) is 4. The van der Waals surface area contributed by atoms with Crippen LogP contribution in [-0.4, -0.2) is 46.5 Å². The fourth-order valence-corrected chi connectivity index (χ4v) is 5.54. The standard InChI is InChI=1S/C16H36O9P2S/c1-15(2,24-26(17,18)19)11-7-5-9-13-28(23)14-10-6-8-12-16(3,4)25-27(20,21)22/h5-14H2,1-4H3,(H2,17,18,19)(H2,20,21,22). The molecule has 0 fully saturated rings. The molecule has 0 atom stereocenters. The number of phosphoric ester groups is 2. The van der Waals surface area contributed by atoms with Crippen LogP contribution in [0.3, 0.4) is 0 Å². The van der Waals surface area contributed by atoms with E-state index in [1.165, 1.54) is 0 Å². The molecular formula is C16H36O9P2S. The molecule has 0 aromatic rings. The van der Waals surface area contributed by atoms with Gasteiger partial charge in [-0.1, -0.05) is 25.7 Å². The van der Waals surface area contributed by atoms with Crippen molar-refractivity contribution in [3.63, 3.8) is 0 Å². The molecule has 0 aromatic carbocycles. The predicted molar refractivity (Wildman–Crippen MR) is 109 cm³/mol. The number of rotatable bonds is 16. The Kier molecular flexibility index (Phi) is 12.4. The van der Waals surface area contributed by atoms with Crippen LogP contribution in [0, 0.1) is 0 Å². The van der Waals surface area contributed by atoms with Gasteiger partial charge in [0.25, 0.3) is 0 Å². The van der Waals surface area contributed by atoms with Crippen molar-refractivity contribution in [2.24, 2.45) is 0 Å². The Hall–Kier alpha value is 0.370. The summed E-state index contributed by atoms with van der Waals surface area (Å²) in [5.74, 6) is 1.18. The molecule has 0 bridgehead atoms. The number of unbranched alkanes of at least 4 members (excludes halogenated alkanes) is 4. The van der Waals surface area contributed by atoms with Crippen molar-refractivity contribution in [2.75, 3.05) is 11.5 Å². The lowest BCUT2D eigenvalue weighted by atomic mass is 10.0. The van der Waals surface area contributed by atoms with Crippen LogP contribution in [-0.2, 0) is 29.0 Å². The Bertz CT molecular complexity index is 520. The summed E-state index contributed by atoms with van der Waals surface area (Å²) in [6, 6.07) is 0. The highest BCUT2D eigenvalue weighted by molar-refractivity contribution is 7.84. The van der Waals surface area contributed by atoms with Crippen LogP contribution >= 0.6 is 15.6 Å². The van der Waals surface area contributed by atoms with Gasteiger partial charge in [0.1, 0.15) is 0 Å². The molecule has 0 saturated carbocycles. The molecule has 9 nitrogen and oxygen atoms in total. The first kappa shape index (κ1) is 28.4. The third kappa shape index (κ3) is 18.4. The SMILES string of the molecule is CC(C)(CCCCCS(=O)CCCCCC(C)(C)OP(=O)(O)O)OP(=O)(O)O. The van der Waals surface area contributed by atoms with Crippen molar-refractivity contribution in [3.05, 3.63) is 0 Å². The van der Waals surface area contributed by atoms with Gasteiger partial charge in [0, 0.05) is 22.3 Å². The Morgan fingerprint density at radius 2 is 1.00 bits per heavy atom.